The molecule has 1 spiro atoms. The molecule has 0 fully saturated rings. The van der Waals surface area contributed by atoms with E-state index >= 15 is 0 Å². The third-order valence-corrected chi connectivity index (χ3v) is 17.0. The number of nitrogens with zero attached hydrogens (tertiary/aromatic N) is 5. The molecule has 1 aliphatic heterocycles. The third kappa shape index (κ3) is 6.22. The molecule has 1 unspecified atom stereocenters. The molecule has 0 amide bonds. The summed E-state index contributed by atoms with van der Waals surface area (Å²) in [6, 6.07) is 94.7. The van der Waals surface area contributed by atoms with Crippen LogP contribution in [-0.2, 0) is 5.41 Å². The zero-order valence-electron chi connectivity index (χ0n) is 41.0. The van der Waals surface area contributed by atoms with Gasteiger partial charge in [0.15, 0.2) is 11.6 Å². The second kappa shape index (κ2) is 16.6. The topological polar surface area (TPSA) is 46.8 Å². The molecule has 76 heavy (non-hydrogen) atoms. The lowest BCUT2D eigenvalue weighted by atomic mass is 9.64. The summed E-state index contributed by atoms with van der Waals surface area (Å²) in [6.07, 6.45) is 0. The minimum Gasteiger partial charge on any atom is -0.309 e. The number of aromatic nitrogens is 4. The summed E-state index contributed by atoms with van der Waals surface area (Å²) in [7, 11) is 0. The molecular formula is C70H43N5S. The number of rotatable bonds is 6. The third-order valence-electron chi connectivity index (χ3n) is 15.9. The molecule has 5 nitrogen and oxygen atoms in total. The van der Waals surface area contributed by atoms with Crippen LogP contribution < -0.4 is 4.90 Å². The van der Waals surface area contributed by atoms with Crippen molar-refractivity contribution in [1.82, 2.24) is 19.5 Å². The molecule has 1 atom stereocenters. The van der Waals surface area contributed by atoms with Crippen LogP contribution in [0.4, 0.5) is 17.3 Å². The fraction of sp³-hybridized carbons (Fsp3) is 0.0143. The van der Waals surface area contributed by atoms with Crippen molar-refractivity contribution in [2.75, 3.05) is 4.90 Å². The number of anilines is 3. The normalized spacial score (nSPS) is 14.3. The van der Waals surface area contributed by atoms with Crippen molar-refractivity contribution in [1.29, 1.82) is 0 Å². The van der Waals surface area contributed by atoms with Gasteiger partial charge in [0.25, 0.3) is 0 Å². The molecule has 1 aliphatic carbocycles. The molecule has 0 saturated carbocycles. The fourth-order valence-corrected chi connectivity index (χ4v) is 13.7. The van der Waals surface area contributed by atoms with Gasteiger partial charge in [-0.15, -0.1) is 11.3 Å². The number of benzene rings is 11. The van der Waals surface area contributed by atoms with Crippen molar-refractivity contribution < 1.29 is 0 Å². The van der Waals surface area contributed by atoms with Crippen LogP contribution in [0.15, 0.2) is 261 Å². The fourth-order valence-electron chi connectivity index (χ4n) is 12.6. The lowest BCUT2D eigenvalue weighted by Gasteiger charge is -2.44. The van der Waals surface area contributed by atoms with Gasteiger partial charge in [0, 0.05) is 47.8 Å². The first-order valence-corrected chi connectivity index (χ1v) is 26.7. The Bertz CT molecular complexity index is 4580. The number of hydrogen-bond acceptors (Lipinski definition) is 5. The van der Waals surface area contributed by atoms with Gasteiger partial charge in [-0.3, -0.25) is 4.90 Å². The predicted octanol–water partition coefficient (Wildman–Crippen LogP) is 18.2. The number of para-hydroxylation sites is 2. The second-order valence-electron chi connectivity index (χ2n) is 19.9. The van der Waals surface area contributed by atoms with Gasteiger partial charge in [-0.25, -0.2) is 4.98 Å². The first kappa shape index (κ1) is 42.7. The molecular weight excluding hydrogens is 943 g/mol. The zero-order chi connectivity index (χ0) is 49.9. The van der Waals surface area contributed by atoms with Crippen molar-refractivity contribution in [3.8, 4) is 61.8 Å². The SMILES string of the molecule is c1ccc(-c2ccc(-n3c4ccccc4c4cc(-c5ccc6c(c5)N(c5nc(-c7ccccc7)nc(-c7ccccc7)n5)c5ccccc5C65c6ccccc6-c6c5ccc5sc7ccccc7c65)ccc43)cc2)cc1. The van der Waals surface area contributed by atoms with Crippen LogP contribution in [0.2, 0.25) is 0 Å². The van der Waals surface area contributed by atoms with Crippen LogP contribution >= 0.6 is 11.3 Å². The molecule has 0 bridgehead atoms. The monoisotopic (exact) mass is 985 g/mol. The molecule has 11 aromatic carbocycles. The van der Waals surface area contributed by atoms with Crippen LogP contribution in [0.1, 0.15) is 22.3 Å². The van der Waals surface area contributed by atoms with E-state index in [1.54, 1.807) is 0 Å². The molecule has 14 aromatic rings. The Balaban J connectivity index is 0.958. The highest BCUT2D eigenvalue weighted by Crippen LogP contribution is 2.65. The Kier molecular flexibility index (Phi) is 9.35. The first-order valence-electron chi connectivity index (χ1n) is 25.8. The van der Waals surface area contributed by atoms with E-state index in [9.17, 15) is 0 Å². The number of thiophene rings is 1. The van der Waals surface area contributed by atoms with Crippen molar-refractivity contribution in [3.05, 3.63) is 283 Å². The van der Waals surface area contributed by atoms with Crippen LogP contribution in [0.25, 0.3) is 104 Å². The maximum atomic E-state index is 5.46. The molecule has 0 N–H and O–H groups in total. The molecule has 2 aliphatic rings. The lowest BCUT2D eigenvalue weighted by Crippen LogP contribution is -2.36. The van der Waals surface area contributed by atoms with E-state index in [4.69, 9.17) is 15.0 Å². The van der Waals surface area contributed by atoms with Gasteiger partial charge in [0.05, 0.1) is 27.8 Å². The van der Waals surface area contributed by atoms with Gasteiger partial charge in [0.2, 0.25) is 5.95 Å². The minimum atomic E-state index is -0.685. The largest absolute Gasteiger partial charge is 0.309 e. The Morgan fingerprint density at radius 3 is 1.66 bits per heavy atom. The Morgan fingerprint density at radius 1 is 0.342 bits per heavy atom. The summed E-state index contributed by atoms with van der Waals surface area (Å²) >= 11 is 1.87. The molecule has 0 radical (unpaired) electrons. The van der Waals surface area contributed by atoms with Crippen LogP contribution in [-0.4, -0.2) is 19.5 Å². The van der Waals surface area contributed by atoms with Gasteiger partial charge >= 0.3 is 0 Å². The average Bonchev–Trinajstić information content (AvgIpc) is 4.34. The van der Waals surface area contributed by atoms with Gasteiger partial charge in [0.1, 0.15) is 0 Å². The zero-order valence-corrected chi connectivity index (χ0v) is 41.8. The standard InChI is InChI=1S/C70H43N5S/c1-4-18-44(19-5-1)45-32-36-50(37-33-45)74-59-29-15-11-24-51(59)54-42-48(35-40-60(54)74)49-34-38-57-62(43-49)75(69-72-67(46-20-6-2-7-21-46)71-68(73-69)47-22-8-3-9-23-47)61-30-16-14-28-56(61)70(57)55-27-13-10-25-52(55)65-58(70)39-41-64-66(65)53-26-12-17-31-63(53)76-64/h1-43H. The minimum absolute atomic E-state index is 0.552. The quantitative estimate of drug-likeness (QED) is 0.167. The molecule has 354 valence electrons. The van der Waals surface area contributed by atoms with E-state index < -0.39 is 5.41 Å². The molecule has 3 aromatic heterocycles. The van der Waals surface area contributed by atoms with E-state index in [0.717, 1.165) is 44.8 Å². The Labute approximate surface area is 443 Å². The summed E-state index contributed by atoms with van der Waals surface area (Å²) in [4.78, 5) is 18.4. The van der Waals surface area contributed by atoms with E-state index in [0.29, 0.717) is 17.6 Å². The highest BCUT2D eigenvalue weighted by Gasteiger charge is 2.52. The smallest absolute Gasteiger partial charge is 0.238 e. The van der Waals surface area contributed by atoms with E-state index in [2.05, 4.69) is 234 Å². The molecule has 16 rings (SSSR count). The van der Waals surface area contributed by atoms with Crippen molar-refractivity contribution in [2.24, 2.45) is 0 Å². The van der Waals surface area contributed by atoms with Crippen molar-refractivity contribution in [2.45, 2.75) is 5.41 Å². The Morgan fingerprint density at radius 2 is 0.895 bits per heavy atom. The van der Waals surface area contributed by atoms with Crippen molar-refractivity contribution >= 4 is 70.6 Å². The van der Waals surface area contributed by atoms with E-state index in [1.165, 1.54) is 81.0 Å². The Hall–Kier alpha value is -9.75. The van der Waals surface area contributed by atoms with Gasteiger partial charge in [-0.05, 0) is 110 Å². The highest BCUT2D eigenvalue weighted by atomic mass is 32.1. The van der Waals surface area contributed by atoms with Crippen molar-refractivity contribution in [3.63, 3.8) is 0 Å². The summed E-state index contributed by atoms with van der Waals surface area (Å²) in [5.41, 5.74) is 18.7. The maximum absolute atomic E-state index is 5.46. The van der Waals surface area contributed by atoms with Gasteiger partial charge in [-0.2, -0.15) is 9.97 Å². The van der Waals surface area contributed by atoms with E-state index in [-0.39, 0.29) is 0 Å². The first-order chi connectivity index (χ1) is 37.7. The summed E-state index contributed by atoms with van der Waals surface area (Å²) < 4.78 is 4.99. The highest BCUT2D eigenvalue weighted by molar-refractivity contribution is 7.26. The maximum Gasteiger partial charge on any atom is 0.238 e. The number of fused-ring (bicyclic) bond motifs is 16. The predicted molar refractivity (Wildman–Crippen MR) is 314 cm³/mol. The number of hydrogen-bond donors (Lipinski definition) is 0. The molecule has 0 saturated heterocycles. The summed E-state index contributed by atoms with van der Waals surface area (Å²) in [5, 5.41) is 5.01. The molecule has 6 heteroatoms. The van der Waals surface area contributed by atoms with E-state index in [1.807, 2.05) is 47.7 Å². The van der Waals surface area contributed by atoms with Gasteiger partial charge < -0.3 is 4.57 Å². The van der Waals surface area contributed by atoms with Crippen LogP contribution in [0, 0.1) is 0 Å². The van der Waals surface area contributed by atoms with Crippen LogP contribution in [0.3, 0.4) is 0 Å². The summed E-state index contributed by atoms with van der Waals surface area (Å²) in [5.74, 6) is 1.77. The average molecular weight is 986 g/mol. The second-order valence-corrected chi connectivity index (χ2v) is 20.9. The summed E-state index contributed by atoms with van der Waals surface area (Å²) in [6.45, 7) is 0. The molecule has 4 heterocycles. The van der Waals surface area contributed by atoms with Gasteiger partial charge in [-0.1, -0.05) is 206 Å². The van der Waals surface area contributed by atoms with Crippen LogP contribution in [0.5, 0.6) is 0 Å². The lowest BCUT2D eigenvalue weighted by molar-refractivity contribution is 0.750.